The zero-order valence-corrected chi connectivity index (χ0v) is 9.56. The molecule has 0 amide bonds. The molecule has 0 radical (unpaired) electrons. The molecular formula is C13H14O5. The Morgan fingerprint density at radius 1 is 0.944 bits per heavy atom. The van der Waals surface area contributed by atoms with Crippen molar-refractivity contribution >= 4 is 0 Å². The normalized spacial score (nSPS) is 31.4. The predicted molar refractivity (Wildman–Crippen MR) is 66.6 cm³/mol. The number of hydrogen-bond donors (Lipinski definition) is 3. The fraction of sp³-hybridized carbons (Fsp3) is 0.0769. The van der Waals surface area contributed by atoms with Gasteiger partial charge in [0.15, 0.2) is 17.3 Å². The van der Waals surface area contributed by atoms with Gasteiger partial charge in [0.25, 0.3) is 0 Å². The lowest BCUT2D eigenvalue weighted by Gasteiger charge is -1.99. The second-order valence-corrected chi connectivity index (χ2v) is 3.14. The van der Waals surface area contributed by atoms with Crippen LogP contribution in [-0.4, -0.2) is 21.9 Å². The van der Waals surface area contributed by atoms with Gasteiger partial charge >= 0.3 is 0 Å². The first kappa shape index (κ1) is 13.5. The first-order valence-electron chi connectivity index (χ1n) is 5.15. The van der Waals surface area contributed by atoms with E-state index in [1.165, 1.54) is 24.7 Å². The van der Waals surface area contributed by atoms with Gasteiger partial charge in [-0.3, -0.25) is 0 Å². The van der Waals surface area contributed by atoms with Gasteiger partial charge in [-0.15, -0.1) is 0 Å². The minimum Gasteiger partial charge on any atom is -0.504 e. The lowest BCUT2D eigenvalue weighted by molar-refractivity contribution is 0.286. The van der Waals surface area contributed by atoms with Crippen LogP contribution in [0.2, 0.25) is 0 Å². The van der Waals surface area contributed by atoms with Crippen LogP contribution in [0.3, 0.4) is 0 Å². The Morgan fingerprint density at radius 3 is 2.61 bits per heavy atom. The molecule has 0 spiro atoms. The van der Waals surface area contributed by atoms with E-state index in [0.717, 1.165) is 12.3 Å². The van der Waals surface area contributed by atoms with Crippen LogP contribution in [0, 0.1) is 0 Å². The smallest absolute Gasteiger partial charge is 0.200 e. The van der Waals surface area contributed by atoms with Gasteiger partial charge in [0, 0.05) is 6.08 Å². The van der Waals surface area contributed by atoms with Gasteiger partial charge in [0.05, 0.1) is 18.8 Å². The molecule has 0 atom stereocenters. The second-order valence-electron chi connectivity index (χ2n) is 3.14. The van der Waals surface area contributed by atoms with Crippen molar-refractivity contribution in [3.8, 4) is 0 Å². The molecule has 1 heterocycles. The highest BCUT2D eigenvalue weighted by molar-refractivity contribution is 5.28. The molecule has 0 aromatic rings. The summed E-state index contributed by atoms with van der Waals surface area (Å²) in [4.78, 5) is 0. The Morgan fingerprint density at radius 2 is 1.78 bits per heavy atom. The van der Waals surface area contributed by atoms with Gasteiger partial charge in [-0.2, -0.15) is 0 Å². The minimum absolute atomic E-state index is 0.359. The van der Waals surface area contributed by atoms with E-state index < -0.39 is 17.3 Å². The highest BCUT2D eigenvalue weighted by Crippen LogP contribution is 2.09. The number of hydrogen-bond acceptors (Lipinski definition) is 5. The van der Waals surface area contributed by atoms with Crippen LogP contribution in [0.25, 0.3) is 0 Å². The predicted octanol–water partition coefficient (Wildman–Crippen LogP) is 2.90. The third kappa shape index (κ3) is 4.98. The lowest BCUT2D eigenvalue weighted by Crippen LogP contribution is -1.92. The SMILES string of the molecule is OC1=C(O)/C(O)=C\C=C/OC/C=C\C=C/O/C=C\1. The van der Waals surface area contributed by atoms with E-state index >= 15 is 0 Å². The van der Waals surface area contributed by atoms with E-state index in [2.05, 4.69) is 0 Å². The van der Waals surface area contributed by atoms with Gasteiger partial charge in [-0.05, 0) is 24.3 Å². The molecule has 18 heavy (non-hydrogen) atoms. The summed E-state index contributed by atoms with van der Waals surface area (Å²) < 4.78 is 9.94. The number of aliphatic hydroxyl groups excluding tert-OH is 3. The summed E-state index contributed by atoms with van der Waals surface area (Å²) in [7, 11) is 0. The lowest BCUT2D eigenvalue weighted by atomic mass is 10.3. The van der Waals surface area contributed by atoms with Crippen LogP contribution in [0.1, 0.15) is 0 Å². The Kier molecular flexibility index (Phi) is 5.76. The fourth-order valence-corrected chi connectivity index (χ4v) is 0.960. The van der Waals surface area contributed by atoms with Gasteiger partial charge in [0.1, 0.15) is 6.61 Å². The summed E-state index contributed by atoms with van der Waals surface area (Å²) in [5.74, 6) is -1.66. The van der Waals surface area contributed by atoms with Crippen molar-refractivity contribution in [3.05, 3.63) is 72.5 Å². The van der Waals surface area contributed by atoms with E-state index in [1.807, 2.05) is 0 Å². The summed E-state index contributed by atoms with van der Waals surface area (Å²) >= 11 is 0. The molecule has 0 aliphatic carbocycles. The van der Waals surface area contributed by atoms with Crippen molar-refractivity contribution in [2.24, 2.45) is 0 Å². The van der Waals surface area contributed by atoms with Crippen LogP contribution in [0.5, 0.6) is 0 Å². The molecule has 5 nitrogen and oxygen atoms in total. The van der Waals surface area contributed by atoms with Crippen LogP contribution in [0.4, 0.5) is 0 Å². The standard InChI is InChI=1S/C13H14O5/c14-11-5-4-9-17-7-2-1-3-8-18-10-6-12(15)13(11)16/h1-6,8-10,14-16H,7H2/b2-1-,8-3-,9-4-,10-6-,11-5+,13-12-. The molecule has 0 saturated heterocycles. The molecule has 0 aromatic carbocycles. The first-order valence-corrected chi connectivity index (χ1v) is 5.15. The molecule has 5 heteroatoms. The average molecular weight is 250 g/mol. The largest absolute Gasteiger partial charge is 0.504 e. The maximum absolute atomic E-state index is 9.41. The molecule has 0 bridgehead atoms. The topological polar surface area (TPSA) is 79.2 Å². The zero-order chi connectivity index (χ0) is 13.2. The molecule has 0 saturated carbocycles. The second kappa shape index (κ2) is 7.67. The van der Waals surface area contributed by atoms with Crippen LogP contribution in [0.15, 0.2) is 72.5 Å². The maximum atomic E-state index is 9.41. The van der Waals surface area contributed by atoms with Crippen LogP contribution >= 0.6 is 0 Å². The number of ether oxygens (including phenoxy) is 2. The maximum Gasteiger partial charge on any atom is 0.200 e. The Labute approximate surface area is 105 Å². The van der Waals surface area contributed by atoms with E-state index in [9.17, 15) is 15.3 Å². The summed E-state index contributed by atoms with van der Waals surface area (Å²) in [5.41, 5.74) is 0. The third-order valence-corrected chi connectivity index (χ3v) is 1.82. The Bertz CT molecular complexity index is 438. The molecule has 0 fully saturated rings. The first-order chi connectivity index (χ1) is 8.72. The fourth-order valence-electron chi connectivity index (χ4n) is 0.960. The molecule has 3 N–H and O–H groups in total. The van der Waals surface area contributed by atoms with E-state index in [0.29, 0.717) is 6.61 Å². The van der Waals surface area contributed by atoms with Crippen molar-refractivity contribution in [3.63, 3.8) is 0 Å². The third-order valence-electron chi connectivity index (χ3n) is 1.82. The molecule has 0 unspecified atom stereocenters. The van der Waals surface area contributed by atoms with Gasteiger partial charge in [0.2, 0.25) is 0 Å². The number of rotatable bonds is 0. The van der Waals surface area contributed by atoms with E-state index in [-0.39, 0.29) is 0 Å². The number of aliphatic hydroxyl groups is 3. The molecule has 1 aliphatic rings. The molecule has 1 aliphatic heterocycles. The van der Waals surface area contributed by atoms with Crippen molar-refractivity contribution in [2.45, 2.75) is 0 Å². The van der Waals surface area contributed by atoms with E-state index in [4.69, 9.17) is 9.47 Å². The van der Waals surface area contributed by atoms with Crippen LogP contribution < -0.4 is 0 Å². The van der Waals surface area contributed by atoms with Crippen molar-refractivity contribution < 1.29 is 24.8 Å². The average Bonchev–Trinajstić information content (AvgIpc) is 2.38. The minimum atomic E-state index is -0.656. The molecule has 1 rings (SSSR count). The number of allylic oxidation sites excluding steroid dienone is 5. The summed E-state index contributed by atoms with van der Waals surface area (Å²) in [6.07, 6.45) is 12.7. The van der Waals surface area contributed by atoms with Crippen molar-refractivity contribution in [1.29, 1.82) is 0 Å². The Hall–Kier alpha value is -2.56. The molecular weight excluding hydrogens is 236 g/mol. The van der Waals surface area contributed by atoms with Crippen molar-refractivity contribution in [2.75, 3.05) is 6.61 Å². The molecule has 0 aromatic heterocycles. The van der Waals surface area contributed by atoms with E-state index in [1.54, 1.807) is 18.2 Å². The van der Waals surface area contributed by atoms with Crippen molar-refractivity contribution in [1.82, 2.24) is 0 Å². The van der Waals surface area contributed by atoms with Gasteiger partial charge in [-0.1, -0.05) is 6.08 Å². The summed E-state index contributed by atoms with van der Waals surface area (Å²) in [5, 5.41) is 28.2. The Balaban J connectivity index is 2.89. The molecule has 96 valence electrons. The summed E-state index contributed by atoms with van der Waals surface area (Å²) in [6, 6.07) is 0. The highest BCUT2D eigenvalue weighted by atomic mass is 16.5. The van der Waals surface area contributed by atoms with Gasteiger partial charge in [-0.25, -0.2) is 0 Å². The van der Waals surface area contributed by atoms with Crippen LogP contribution in [-0.2, 0) is 9.47 Å². The highest BCUT2D eigenvalue weighted by Gasteiger charge is 2.04. The van der Waals surface area contributed by atoms with Gasteiger partial charge < -0.3 is 24.8 Å². The quantitative estimate of drug-likeness (QED) is 0.616. The zero-order valence-electron chi connectivity index (χ0n) is 9.56. The monoisotopic (exact) mass is 250 g/mol. The summed E-state index contributed by atoms with van der Waals surface area (Å²) in [6.45, 7) is 0.359.